The number of benzene rings is 1. The van der Waals surface area contributed by atoms with Crippen LogP contribution in [0.25, 0.3) is 0 Å². The van der Waals surface area contributed by atoms with Crippen LogP contribution >= 0.6 is 15.9 Å². The molecule has 0 radical (unpaired) electrons. The monoisotopic (exact) mass is 282 g/mol. The van der Waals surface area contributed by atoms with Gasteiger partial charge in [-0.3, -0.25) is 0 Å². The number of likely N-dealkylation sites (tertiary alicyclic amines) is 1. The number of nitrogens with one attached hydrogen (secondary N) is 1. The average molecular weight is 283 g/mol. The molecule has 0 saturated carbocycles. The molecular weight excluding hydrogens is 264 g/mol. The Morgan fingerprint density at radius 2 is 1.88 bits per heavy atom. The van der Waals surface area contributed by atoms with Crippen LogP contribution in [0.15, 0.2) is 28.7 Å². The first-order valence-corrected chi connectivity index (χ1v) is 6.60. The fourth-order valence-corrected chi connectivity index (χ4v) is 3.17. The first-order chi connectivity index (χ1) is 7.68. The van der Waals surface area contributed by atoms with Crippen molar-refractivity contribution in [1.82, 2.24) is 10.2 Å². The molecule has 1 aliphatic heterocycles. The van der Waals surface area contributed by atoms with Gasteiger partial charge in [0.1, 0.15) is 0 Å². The molecule has 1 aromatic rings. The minimum Gasteiger partial charge on any atom is -0.310 e. The zero-order valence-corrected chi connectivity index (χ0v) is 11.5. The van der Waals surface area contributed by atoms with Crippen molar-refractivity contribution in [3.05, 3.63) is 34.3 Å². The topological polar surface area (TPSA) is 15.3 Å². The van der Waals surface area contributed by atoms with Gasteiger partial charge in [0.05, 0.1) is 0 Å². The van der Waals surface area contributed by atoms with Gasteiger partial charge in [-0.2, -0.15) is 0 Å². The summed E-state index contributed by atoms with van der Waals surface area (Å²) in [6.45, 7) is 2.31. The maximum Gasteiger partial charge on any atom is 0.0467 e. The third-order valence-electron chi connectivity index (χ3n) is 3.71. The van der Waals surface area contributed by atoms with E-state index in [2.05, 4.69) is 64.5 Å². The predicted molar refractivity (Wildman–Crippen MR) is 71.6 cm³/mol. The van der Waals surface area contributed by atoms with Crippen molar-refractivity contribution in [2.24, 2.45) is 0 Å². The summed E-state index contributed by atoms with van der Waals surface area (Å²) in [6.07, 6.45) is 2.34. The number of piperidine rings is 1. The van der Waals surface area contributed by atoms with E-state index in [9.17, 15) is 0 Å². The average Bonchev–Trinajstić information content (AvgIpc) is 2.32. The molecule has 0 amide bonds. The van der Waals surface area contributed by atoms with Gasteiger partial charge in [-0.25, -0.2) is 0 Å². The van der Waals surface area contributed by atoms with E-state index in [0.29, 0.717) is 0 Å². The molecule has 1 aliphatic rings. The molecule has 88 valence electrons. The molecule has 0 bridgehead atoms. The van der Waals surface area contributed by atoms with Gasteiger partial charge in [0.25, 0.3) is 0 Å². The Labute approximate surface area is 106 Å². The first-order valence-electron chi connectivity index (χ1n) is 5.80. The third kappa shape index (κ3) is 2.17. The van der Waals surface area contributed by atoms with Crippen LogP contribution in [-0.2, 0) is 5.54 Å². The van der Waals surface area contributed by atoms with Crippen molar-refractivity contribution < 1.29 is 0 Å². The van der Waals surface area contributed by atoms with Crippen molar-refractivity contribution in [3.63, 3.8) is 0 Å². The molecule has 2 nitrogen and oxygen atoms in total. The molecule has 0 unspecified atom stereocenters. The molecule has 1 aromatic carbocycles. The number of hydrogen-bond donors (Lipinski definition) is 1. The predicted octanol–water partition coefficient (Wildman–Crippen LogP) is 2.59. The molecule has 0 aromatic heterocycles. The molecule has 1 heterocycles. The highest BCUT2D eigenvalue weighted by molar-refractivity contribution is 9.10. The molecule has 3 heteroatoms. The summed E-state index contributed by atoms with van der Waals surface area (Å²) in [7, 11) is 4.27. The number of hydrogen-bond acceptors (Lipinski definition) is 2. The van der Waals surface area contributed by atoms with Crippen molar-refractivity contribution in [3.8, 4) is 0 Å². The van der Waals surface area contributed by atoms with Crippen LogP contribution < -0.4 is 5.32 Å². The maximum atomic E-state index is 3.67. The third-order valence-corrected chi connectivity index (χ3v) is 4.40. The summed E-state index contributed by atoms with van der Waals surface area (Å²) >= 11 is 3.67. The van der Waals surface area contributed by atoms with E-state index in [1.807, 2.05) is 0 Å². The van der Waals surface area contributed by atoms with Gasteiger partial charge in [0.15, 0.2) is 0 Å². The Kier molecular flexibility index (Phi) is 3.67. The lowest BCUT2D eigenvalue weighted by atomic mass is 9.81. The second kappa shape index (κ2) is 4.86. The summed E-state index contributed by atoms with van der Waals surface area (Å²) < 4.78 is 1.22. The van der Waals surface area contributed by atoms with Gasteiger partial charge in [-0.05, 0) is 51.7 Å². The molecular formula is C13H19BrN2. The van der Waals surface area contributed by atoms with Crippen LogP contribution in [0.4, 0.5) is 0 Å². The lowest BCUT2D eigenvalue weighted by Gasteiger charge is -2.41. The van der Waals surface area contributed by atoms with Gasteiger partial charge >= 0.3 is 0 Å². The Hall–Kier alpha value is -0.380. The molecule has 1 fully saturated rings. The highest BCUT2D eigenvalue weighted by Gasteiger charge is 2.34. The van der Waals surface area contributed by atoms with Gasteiger partial charge in [-0.1, -0.05) is 34.1 Å². The van der Waals surface area contributed by atoms with Crippen molar-refractivity contribution >= 4 is 15.9 Å². The van der Waals surface area contributed by atoms with Gasteiger partial charge < -0.3 is 10.2 Å². The lowest BCUT2D eigenvalue weighted by Crippen LogP contribution is -2.49. The quantitative estimate of drug-likeness (QED) is 0.897. The van der Waals surface area contributed by atoms with E-state index in [1.165, 1.54) is 22.9 Å². The van der Waals surface area contributed by atoms with Crippen LogP contribution in [0.5, 0.6) is 0 Å². The summed E-state index contributed by atoms with van der Waals surface area (Å²) in [5, 5.41) is 3.54. The fraction of sp³-hybridized carbons (Fsp3) is 0.538. The van der Waals surface area contributed by atoms with E-state index >= 15 is 0 Å². The van der Waals surface area contributed by atoms with Crippen LogP contribution in [0.2, 0.25) is 0 Å². The van der Waals surface area contributed by atoms with Gasteiger partial charge in [-0.15, -0.1) is 0 Å². The summed E-state index contributed by atoms with van der Waals surface area (Å²) in [5.41, 5.74) is 1.54. The molecule has 1 saturated heterocycles. The first kappa shape index (κ1) is 12.1. The lowest BCUT2D eigenvalue weighted by molar-refractivity contribution is 0.164. The Bertz CT molecular complexity index is 357. The minimum atomic E-state index is 0.145. The molecule has 0 aliphatic carbocycles. The highest BCUT2D eigenvalue weighted by atomic mass is 79.9. The Balaban J connectivity index is 2.32. The van der Waals surface area contributed by atoms with E-state index < -0.39 is 0 Å². The molecule has 16 heavy (non-hydrogen) atoms. The molecule has 0 atom stereocenters. The van der Waals surface area contributed by atoms with Crippen LogP contribution in [0.3, 0.4) is 0 Å². The van der Waals surface area contributed by atoms with Crippen molar-refractivity contribution in [2.75, 3.05) is 27.2 Å². The second-order valence-corrected chi connectivity index (χ2v) is 5.47. The zero-order valence-electron chi connectivity index (χ0n) is 9.96. The van der Waals surface area contributed by atoms with Gasteiger partial charge in [0, 0.05) is 10.0 Å². The number of nitrogens with zero attached hydrogens (tertiary/aromatic N) is 1. The maximum absolute atomic E-state index is 3.67. The smallest absolute Gasteiger partial charge is 0.0467 e. The summed E-state index contributed by atoms with van der Waals surface area (Å²) in [6, 6.07) is 8.56. The van der Waals surface area contributed by atoms with E-state index in [1.54, 1.807) is 0 Å². The number of rotatable bonds is 2. The standard InChI is InChI=1S/C13H19BrN2/c1-15-13(7-9-16(2)10-8-13)11-5-3-4-6-12(11)14/h3-6,15H,7-10H2,1-2H3. The second-order valence-electron chi connectivity index (χ2n) is 4.62. The Morgan fingerprint density at radius 1 is 1.25 bits per heavy atom. The van der Waals surface area contributed by atoms with Crippen molar-refractivity contribution in [1.29, 1.82) is 0 Å². The van der Waals surface area contributed by atoms with E-state index in [-0.39, 0.29) is 5.54 Å². The molecule has 1 N–H and O–H groups in total. The van der Waals surface area contributed by atoms with Crippen LogP contribution in [0.1, 0.15) is 18.4 Å². The SMILES string of the molecule is CNC1(c2ccccc2Br)CCN(C)CC1. The van der Waals surface area contributed by atoms with Crippen LogP contribution in [0, 0.1) is 0 Å². The van der Waals surface area contributed by atoms with E-state index in [0.717, 1.165) is 13.1 Å². The fourth-order valence-electron chi connectivity index (χ4n) is 2.50. The molecule has 0 spiro atoms. The number of halogens is 1. The normalized spacial score (nSPS) is 20.9. The van der Waals surface area contributed by atoms with Crippen LogP contribution in [-0.4, -0.2) is 32.1 Å². The van der Waals surface area contributed by atoms with Crippen molar-refractivity contribution in [2.45, 2.75) is 18.4 Å². The minimum absolute atomic E-state index is 0.145. The van der Waals surface area contributed by atoms with Gasteiger partial charge in [0.2, 0.25) is 0 Å². The highest BCUT2D eigenvalue weighted by Crippen LogP contribution is 2.36. The van der Waals surface area contributed by atoms with E-state index in [4.69, 9.17) is 0 Å². The summed E-state index contributed by atoms with van der Waals surface area (Å²) in [4.78, 5) is 2.40. The molecule has 2 rings (SSSR count). The zero-order chi connectivity index (χ0) is 11.6. The largest absolute Gasteiger partial charge is 0.310 e. The summed E-state index contributed by atoms with van der Waals surface area (Å²) in [5.74, 6) is 0. The Morgan fingerprint density at radius 3 is 2.44 bits per heavy atom.